The molecule has 1 aliphatic rings. The van der Waals surface area contributed by atoms with Gasteiger partial charge in [0.15, 0.2) is 0 Å². The molecule has 5 heteroatoms. The van der Waals surface area contributed by atoms with Gasteiger partial charge in [0.2, 0.25) is 6.29 Å². The second-order valence-corrected chi connectivity index (χ2v) is 4.59. The molecule has 0 spiro atoms. The van der Waals surface area contributed by atoms with Crippen LogP contribution in [-0.4, -0.2) is 31.4 Å². The fourth-order valence-corrected chi connectivity index (χ4v) is 2.19. The second-order valence-electron chi connectivity index (χ2n) is 4.59. The van der Waals surface area contributed by atoms with Crippen LogP contribution in [0, 0.1) is 5.92 Å². The van der Waals surface area contributed by atoms with E-state index in [0.29, 0.717) is 0 Å². The molecule has 1 unspecified atom stereocenters. The summed E-state index contributed by atoms with van der Waals surface area (Å²) in [6, 6.07) is 0. The predicted molar refractivity (Wildman–Crippen MR) is 64.7 cm³/mol. The van der Waals surface area contributed by atoms with E-state index in [1.54, 1.807) is 14.0 Å². The van der Waals surface area contributed by atoms with Gasteiger partial charge < -0.3 is 14.2 Å². The van der Waals surface area contributed by atoms with E-state index in [4.69, 9.17) is 14.2 Å². The molecule has 0 aromatic heterocycles. The number of ether oxygens (including phenoxy) is 3. The zero-order valence-electron chi connectivity index (χ0n) is 11.3. The highest BCUT2D eigenvalue weighted by Crippen LogP contribution is 2.30. The summed E-state index contributed by atoms with van der Waals surface area (Å²) in [5.74, 6) is -0.677. The molecule has 0 N–H and O–H groups in total. The summed E-state index contributed by atoms with van der Waals surface area (Å²) in [5, 5.41) is 0. The van der Waals surface area contributed by atoms with E-state index in [1.165, 1.54) is 6.92 Å². The molecule has 0 amide bonds. The first-order valence-electron chi connectivity index (χ1n) is 6.46. The molecule has 0 bridgehead atoms. The lowest BCUT2D eigenvalue weighted by molar-refractivity contribution is -0.199. The van der Waals surface area contributed by atoms with E-state index in [0.717, 1.165) is 25.7 Å². The smallest absolute Gasteiger partial charge is 0.308 e. The molecule has 1 atom stereocenters. The molecule has 0 aliphatic heterocycles. The fourth-order valence-electron chi connectivity index (χ4n) is 2.19. The number of carbonyl (C=O) groups is 2. The van der Waals surface area contributed by atoms with Gasteiger partial charge in [0.25, 0.3) is 0 Å². The van der Waals surface area contributed by atoms with Crippen LogP contribution in [0.1, 0.15) is 46.0 Å². The molecule has 1 fully saturated rings. The van der Waals surface area contributed by atoms with Gasteiger partial charge in [-0.1, -0.05) is 6.92 Å². The van der Waals surface area contributed by atoms with Gasteiger partial charge in [-0.25, -0.2) is 0 Å². The Bertz CT molecular complexity index is 281. The summed E-state index contributed by atoms with van der Waals surface area (Å²) in [7, 11) is 1.70. The maximum Gasteiger partial charge on any atom is 0.308 e. The normalized spacial score (nSPS) is 25.3. The zero-order chi connectivity index (χ0) is 13.5. The van der Waals surface area contributed by atoms with Crippen molar-refractivity contribution in [3.05, 3.63) is 0 Å². The Kier molecular flexibility index (Phi) is 6.12. The van der Waals surface area contributed by atoms with Crippen molar-refractivity contribution in [3.8, 4) is 0 Å². The quantitative estimate of drug-likeness (QED) is 0.558. The largest absolute Gasteiger partial charge is 0.425 e. The Hall–Kier alpha value is -1.10. The highest BCUT2D eigenvalue weighted by Gasteiger charge is 2.31. The lowest BCUT2D eigenvalue weighted by Crippen LogP contribution is -2.35. The van der Waals surface area contributed by atoms with Gasteiger partial charge in [0.05, 0.1) is 6.10 Å². The molecule has 0 aromatic carbocycles. The first-order chi connectivity index (χ1) is 8.56. The van der Waals surface area contributed by atoms with E-state index in [2.05, 4.69) is 0 Å². The molecule has 1 aliphatic carbocycles. The van der Waals surface area contributed by atoms with E-state index >= 15 is 0 Å². The average Bonchev–Trinajstić information content (AvgIpc) is 2.37. The molecule has 0 heterocycles. The van der Waals surface area contributed by atoms with Gasteiger partial charge in [-0.3, -0.25) is 9.59 Å². The van der Waals surface area contributed by atoms with E-state index in [1.807, 2.05) is 0 Å². The van der Waals surface area contributed by atoms with Crippen molar-refractivity contribution in [1.29, 1.82) is 0 Å². The first-order valence-corrected chi connectivity index (χ1v) is 6.46. The number of hydrogen-bond donors (Lipinski definition) is 0. The van der Waals surface area contributed by atoms with Crippen LogP contribution >= 0.6 is 0 Å². The van der Waals surface area contributed by atoms with Crippen LogP contribution in [0.25, 0.3) is 0 Å². The van der Waals surface area contributed by atoms with Crippen molar-refractivity contribution in [3.63, 3.8) is 0 Å². The Morgan fingerprint density at radius 3 is 2.22 bits per heavy atom. The van der Waals surface area contributed by atoms with Gasteiger partial charge in [-0.2, -0.15) is 0 Å². The highest BCUT2D eigenvalue weighted by molar-refractivity contribution is 5.70. The van der Waals surface area contributed by atoms with Crippen molar-refractivity contribution in [1.82, 2.24) is 0 Å². The van der Waals surface area contributed by atoms with Crippen LogP contribution in [0.3, 0.4) is 0 Å². The third-order valence-corrected chi connectivity index (χ3v) is 3.26. The molecular weight excluding hydrogens is 236 g/mol. The van der Waals surface area contributed by atoms with Crippen molar-refractivity contribution in [2.45, 2.75) is 58.3 Å². The van der Waals surface area contributed by atoms with Crippen molar-refractivity contribution in [2.75, 3.05) is 7.11 Å². The van der Waals surface area contributed by atoms with Crippen LogP contribution in [0.2, 0.25) is 0 Å². The third-order valence-electron chi connectivity index (χ3n) is 3.26. The molecule has 0 radical (unpaired) electrons. The summed E-state index contributed by atoms with van der Waals surface area (Å²) >= 11 is 0. The number of esters is 2. The van der Waals surface area contributed by atoms with E-state index in [-0.39, 0.29) is 24.4 Å². The Morgan fingerprint density at radius 1 is 1.17 bits per heavy atom. The van der Waals surface area contributed by atoms with Crippen LogP contribution in [0.15, 0.2) is 0 Å². The summed E-state index contributed by atoms with van der Waals surface area (Å²) in [5.41, 5.74) is 0. The molecule has 104 valence electrons. The van der Waals surface area contributed by atoms with Gasteiger partial charge in [0.1, 0.15) is 0 Å². The maximum absolute atomic E-state index is 11.3. The number of carbonyl (C=O) groups excluding carboxylic acids is 2. The van der Waals surface area contributed by atoms with Gasteiger partial charge >= 0.3 is 11.9 Å². The number of methoxy groups -OCH3 is 1. The third kappa shape index (κ3) is 4.64. The zero-order valence-corrected chi connectivity index (χ0v) is 11.3. The van der Waals surface area contributed by atoms with Gasteiger partial charge in [-0.05, 0) is 25.7 Å². The number of rotatable bonds is 5. The van der Waals surface area contributed by atoms with Crippen molar-refractivity contribution < 1.29 is 23.8 Å². The topological polar surface area (TPSA) is 61.8 Å². The van der Waals surface area contributed by atoms with Crippen LogP contribution < -0.4 is 0 Å². The lowest BCUT2D eigenvalue weighted by Gasteiger charge is -2.32. The molecule has 0 saturated heterocycles. The Balaban J connectivity index is 2.54. The SMILES string of the molecule is CCC(=O)OC(OC(C)=O)C1CCC(OC)CC1. The predicted octanol–water partition coefficient (Wildman–Crippen LogP) is 2.03. The summed E-state index contributed by atoms with van der Waals surface area (Å²) < 4.78 is 15.6. The highest BCUT2D eigenvalue weighted by atomic mass is 16.7. The molecule has 1 rings (SSSR count). The van der Waals surface area contributed by atoms with Crippen molar-refractivity contribution in [2.24, 2.45) is 5.92 Å². The maximum atomic E-state index is 11.3. The fraction of sp³-hybridized carbons (Fsp3) is 0.846. The molecule has 0 aromatic rings. The van der Waals surface area contributed by atoms with Crippen LogP contribution in [0.5, 0.6) is 0 Å². The minimum atomic E-state index is -0.743. The second kappa shape index (κ2) is 7.36. The standard InChI is InChI=1S/C13H22O5/c1-4-12(15)18-13(17-9(2)14)10-5-7-11(16-3)8-6-10/h10-11,13H,4-8H2,1-3H3. The molecule has 18 heavy (non-hydrogen) atoms. The summed E-state index contributed by atoms with van der Waals surface area (Å²) in [6.07, 6.45) is 3.30. The minimum Gasteiger partial charge on any atom is -0.425 e. The molecule has 1 saturated carbocycles. The first kappa shape index (κ1) is 15.0. The lowest BCUT2D eigenvalue weighted by atomic mass is 9.87. The van der Waals surface area contributed by atoms with Crippen LogP contribution in [-0.2, 0) is 23.8 Å². The average molecular weight is 258 g/mol. The monoisotopic (exact) mass is 258 g/mol. The Labute approximate surface area is 108 Å². The molecular formula is C13H22O5. The van der Waals surface area contributed by atoms with Gasteiger partial charge in [0, 0.05) is 26.4 Å². The van der Waals surface area contributed by atoms with E-state index in [9.17, 15) is 9.59 Å². The summed E-state index contributed by atoms with van der Waals surface area (Å²) in [6.45, 7) is 3.04. The molecule has 5 nitrogen and oxygen atoms in total. The Morgan fingerprint density at radius 2 is 1.78 bits per heavy atom. The van der Waals surface area contributed by atoms with Gasteiger partial charge in [-0.15, -0.1) is 0 Å². The summed E-state index contributed by atoms with van der Waals surface area (Å²) in [4.78, 5) is 22.4. The van der Waals surface area contributed by atoms with E-state index < -0.39 is 12.3 Å². The number of hydrogen-bond acceptors (Lipinski definition) is 5. The van der Waals surface area contributed by atoms with Crippen LogP contribution in [0.4, 0.5) is 0 Å². The van der Waals surface area contributed by atoms with Crippen molar-refractivity contribution >= 4 is 11.9 Å². The minimum absolute atomic E-state index is 0.0794.